The number of anilines is 2. The predicted molar refractivity (Wildman–Crippen MR) is 153 cm³/mol. The molecular formula is C28H21Cl2F2N7O4. The smallest absolute Gasteiger partial charge is 0.251 e. The minimum atomic E-state index is -1.25. The highest BCUT2D eigenvalue weighted by molar-refractivity contribution is 6.31. The second-order valence-corrected chi connectivity index (χ2v) is 10.3. The van der Waals surface area contributed by atoms with E-state index in [0.717, 1.165) is 17.0 Å². The lowest BCUT2D eigenvalue weighted by molar-refractivity contribution is -0.143. The van der Waals surface area contributed by atoms with Gasteiger partial charge in [0.2, 0.25) is 17.7 Å². The molecule has 3 N–H and O–H groups in total. The molecule has 0 radical (unpaired) electrons. The molecule has 1 unspecified atom stereocenters. The number of nitrogens with zero attached hydrogens (tertiary/aromatic N) is 5. The molecule has 1 aliphatic heterocycles. The van der Waals surface area contributed by atoms with Gasteiger partial charge in [-0.3, -0.25) is 24.1 Å². The summed E-state index contributed by atoms with van der Waals surface area (Å²) in [5.74, 6) is -4.30. The number of benzene rings is 3. The summed E-state index contributed by atoms with van der Waals surface area (Å²) in [6.45, 7) is -0.957. The van der Waals surface area contributed by atoms with Gasteiger partial charge in [-0.1, -0.05) is 40.5 Å². The van der Waals surface area contributed by atoms with Gasteiger partial charge in [0, 0.05) is 17.1 Å². The molecule has 1 aliphatic rings. The van der Waals surface area contributed by atoms with Crippen LogP contribution in [0.25, 0.3) is 5.69 Å². The lowest BCUT2D eigenvalue weighted by atomic mass is 10.0. The van der Waals surface area contributed by atoms with Crippen LogP contribution in [0.1, 0.15) is 15.9 Å². The van der Waals surface area contributed by atoms with Crippen LogP contribution >= 0.6 is 23.2 Å². The van der Waals surface area contributed by atoms with Gasteiger partial charge in [-0.2, -0.15) is 0 Å². The number of rotatable bonds is 8. The number of carbonyl (C=O) groups is 4. The zero-order valence-corrected chi connectivity index (χ0v) is 23.5. The Morgan fingerprint density at radius 1 is 0.953 bits per heavy atom. The summed E-state index contributed by atoms with van der Waals surface area (Å²) in [5, 5.41) is 10.6. The van der Waals surface area contributed by atoms with Crippen LogP contribution in [-0.4, -0.2) is 62.7 Å². The number of piperazine rings is 1. The van der Waals surface area contributed by atoms with E-state index in [0.29, 0.717) is 11.3 Å². The van der Waals surface area contributed by atoms with Crippen LogP contribution in [0, 0.1) is 11.6 Å². The first-order valence-corrected chi connectivity index (χ1v) is 13.4. The molecule has 1 saturated heterocycles. The number of amides is 4. The molecule has 15 heteroatoms. The fraction of sp³-hybridized carbons (Fsp3) is 0.143. The molecule has 11 nitrogen and oxygen atoms in total. The van der Waals surface area contributed by atoms with Crippen molar-refractivity contribution in [2.24, 2.45) is 5.73 Å². The maximum Gasteiger partial charge on any atom is 0.251 e. The first-order valence-electron chi connectivity index (χ1n) is 12.6. The van der Waals surface area contributed by atoms with Crippen molar-refractivity contribution < 1.29 is 28.0 Å². The van der Waals surface area contributed by atoms with Crippen LogP contribution in [0.4, 0.5) is 20.2 Å². The van der Waals surface area contributed by atoms with Crippen molar-refractivity contribution in [2.75, 3.05) is 23.3 Å². The third kappa shape index (κ3) is 6.47. The van der Waals surface area contributed by atoms with Gasteiger partial charge in [0.25, 0.3) is 5.91 Å². The highest BCUT2D eigenvalue weighted by atomic mass is 35.5. The summed E-state index contributed by atoms with van der Waals surface area (Å²) in [6.07, 6.45) is 1.32. The van der Waals surface area contributed by atoms with E-state index in [2.05, 4.69) is 15.6 Å². The molecular weight excluding hydrogens is 607 g/mol. The summed E-state index contributed by atoms with van der Waals surface area (Å²) in [7, 11) is 0. The van der Waals surface area contributed by atoms with E-state index in [-0.39, 0.29) is 33.5 Å². The Labute approximate surface area is 252 Å². The van der Waals surface area contributed by atoms with Gasteiger partial charge in [0.1, 0.15) is 30.8 Å². The van der Waals surface area contributed by atoms with Crippen LogP contribution in [-0.2, 0) is 20.8 Å². The molecule has 220 valence electrons. The number of halogens is 4. The second kappa shape index (κ2) is 12.2. The van der Waals surface area contributed by atoms with E-state index in [9.17, 15) is 28.0 Å². The van der Waals surface area contributed by atoms with Crippen LogP contribution in [0.5, 0.6) is 0 Å². The molecule has 5 rings (SSSR count). The van der Waals surface area contributed by atoms with Crippen molar-refractivity contribution >= 4 is 58.2 Å². The van der Waals surface area contributed by atoms with E-state index in [1.807, 2.05) is 0 Å². The van der Waals surface area contributed by atoms with E-state index in [4.69, 9.17) is 28.9 Å². The summed E-state index contributed by atoms with van der Waals surface area (Å²) < 4.78 is 29.3. The Bertz CT molecular complexity index is 1750. The Morgan fingerprint density at radius 2 is 1.70 bits per heavy atom. The van der Waals surface area contributed by atoms with Crippen LogP contribution < -0.4 is 16.0 Å². The third-order valence-electron chi connectivity index (χ3n) is 6.68. The average molecular weight is 628 g/mol. The van der Waals surface area contributed by atoms with E-state index < -0.39 is 54.4 Å². The Hall–Kier alpha value is -4.88. The molecule has 2 heterocycles. The molecule has 1 atom stereocenters. The van der Waals surface area contributed by atoms with Crippen molar-refractivity contribution in [3.63, 3.8) is 0 Å². The molecule has 0 saturated carbocycles. The quantitative estimate of drug-likeness (QED) is 0.306. The molecule has 0 bridgehead atoms. The van der Waals surface area contributed by atoms with Gasteiger partial charge < -0.3 is 16.0 Å². The van der Waals surface area contributed by atoms with Crippen LogP contribution in [0.3, 0.4) is 0 Å². The molecule has 4 aromatic rings. The fourth-order valence-electron chi connectivity index (χ4n) is 4.61. The summed E-state index contributed by atoms with van der Waals surface area (Å²) in [5.41, 5.74) is 5.90. The lowest BCUT2D eigenvalue weighted by Gasteiger charge is -2.38. The number of hydrogen-bond acceptors (Lipinski definition) is 6. The van der Waals surface area contributed by atoms with Gasteiger partial charge >= 0.3 is 0 Å². The predicted octanol–water partition coefficient (Wildman–Crippen LogP) is 3.38. The summed E-state index contributed by atoms with van der Waals surface area (Å²) >= 11 is 12.1. The number of primary amides is 1. The minimum absolute atomic E-state index is 0.0101. The Kier molecular flexibility index (Phi) is 8.37. The van der Waals surface area contributed by atoms with Gasteiger partial charge in [0.15, 0.2) is 5.15 Å². The number of aromatic nitrogens is 3. The molecule has 3 aromatic carbocycles. The lowest BCUT2D eigenvalue weighted by Crippen LogP contribution is -2.60. The first kappa shape index (κ1) is 29.6. The SMILES string of the molecule is NC(=O)c1ccc(NC(=O)C(Cc2ccc(F)cc2)N2CC(=O)N(c3cc(Cl)ccc3-n3cc(Cl)nn3)CC2=O)cc1F. The van der Waals surface area contributed by atoms with Gasteiger partial charge in [0.05, 0.1) is 23.1 Å². The fourth-order valence-corrected chi connectivity index (χ4v) is 4.90. The van der Waals surface area contributed by atoms with Crippen molar-refractivity contribution in [1.29, 1.82) is 0 Å². The second-order valence-electron chi connectivity index (χ2n) is 9.51. The minimum Gasteiger partial charge on any atom is -0.366 e. The molecule has 43 heavy (non-hydrogen) atoms. The van der Waals surface area contributed by atoms with Crippen molar-refractivity contribution in [3.8, 4) is 5.69 Å². The van der Waals surface area contributed by atoms with Crippen LogP contribution in [0.2, 0.25) is 10.2 Å². The van der Waals surface area contributed by atoms with Crippen molar-refractivity contribution in [2.45, 2.75) is 12.5 Å². The Balaban J connectivity index is 1.44. The van der Waals surface area contributed by atoms with E-state index >= 15 is 0 Å². The van der Waals surface area contributed by atoms with Crippen LogP contribution in [0.15, 0.2) is 66.9 Å². The zero-order chi connectivity index (χ0) is 30.8. The molecule has 4 amide bonds. The third-order valence-corrected chi connectivity index (χ3v) is 7.09. The maximum atomic E-state index is 14.4. The Morgan fingerprint density at radius 3 is 2.35 bits per heavy atom. The highest BCUT2D eigenvalue weighted by Gasteiger charge is 2.39. The largest absolute Gasteiger partial charge is 0.366 e. The molecule has 1 fully saturated rings. The van der Waals surface area contributed by atoms with Gasteiger partial charge in [-0.25, -0.2) is 13.5 Å². The first-order chi connectivity index (χ1) is 20.5. The van der Waals surface area contributed by atoms with E-state index in [1.165, 1.54) is 52.2 Å². The molecule has 1 aromatic heterocycles. The number of hydrogen-bond donors (Lipinski definition) is 2. The van der Waals surface area contributed by atoms with Crippen molar-refractivity contribution in [1.82, 2.24) is 19.9 Å². The number of nitrogens with one attached hydrogen (secondary N) is 1. The standard InChI is InChI=1S/C28H21Cl2F2N7O4/c29-16-3-8-21(39-12-24(30)35-36-39)22(10-16)37-13-26(41)38(14-25(37)40)23(9-15-1-4-17(31)5-2-15)28(43)34-18-6-7-19(27(33)42)20(32)11-18/h1-8,10-12,23H,9,13-14H2,(H2,33,42)(H,34,43). The number of nitrogens with two attached hydrogens (primary N) is 1. The maximum absolute atomic E-state index is 14.4. The van der Waals surface area contributed by atoms with E-state index in [1.54, 1.807) is 12.1 Å². The highest BCUT2D eigenvalue weighted by Crippen LogP contribution is 2.30. The summed E-state index contributed by atoms with van der Waals surface area (Å²) in [4.78, 5) is 54.3. The topological polar surface area (TPSA) is 144 Å². The molecule has 0 spiro atoms. The van der Waals surface area contributed by atoms with Gasteiger partial charge in [-0.15, -0.1) is 5.10 Å². The monoisotopic (exact) mass is 627 g/mol. The number of carbonyl (C=O) groups excluding carboxylic acids is 4. The molecule has 0 aliphatic carbocycles. The zero-order valence-electron chi connectivity index (χ0n) is 22.0. The van der Waals surface area contributed by atoms with Gasteiger partial charge in [-0.05, 0) is 54.1 Å². The van der Waals surface area contributed by atoms with Crippen molar-refractivity contribution in [3.05, 3.63) is 99.8 Å². The average Bonchev–Trinajstić information content (AvgIpc) is 3.39. The summed E-state index contributed by atoms with van der Waals surface area (Å²) in [6, 6.07) is 12.0. The normalized spacial score (nSPS) is 14.1.